The first kappa shape index (κ1) is 15.0. The molecule has 0 saturated heterocycles. The van der Waals surface area contributed by atoms with Gasteiger partial charge in [-0.1, -0.05) is 36.2 Å². The Morgan fingerprint density at radius 3 is 2.75 bits per heavy atom. The number of halogens is 3. The van der Waals surface area contributed by atoms with Gasteiger partial charge in [0.15, 0.2) is 11.6 Å². The lowest BCUT2D eigenvalue weighted by molar-refractivity contribution is 0.425. The molecule has 0 unspecified atom stereocenters. The molecule has 0 radical (unpaired) electrons. The van der Waals surface area contributed by atoms with Crippen molar-refractivity contribution < 1.29 is 9.13 Å². The standard InChI is InChI=1S/C14H13Cl2FN2O/c1-2-18-8-11-9(15)6-7-13(19-11)20-12-5-3-4-10(16)14(12)17/h3-7,18H,2,8H2,1H3. The first-order valence-electron chi connectivity index (χ1n) is 6.09. The van der Waals surface area contributed by atoms with E-state index in [9.17, 15) is 4.39 Å². The third kappa shape index (κ3) is 3.60. The van der Waals surface area contributed by atoms with Gasteiger partial charge in [-0.15, -0.1) is 0 Å². The third-order valence-electron chi connectivity index (χ3n) is 2.57. The second-order valence-corrected chi connectivity index (χ2v) is 4.83. The van der Waals surface area contributed by atoms with Crippen molar-refractivity contribution in [2.45, 2.75) is 13.5 Å². The Hall–Kier alpha value is -1.36. The molecule has 1 N–H and O–H groups in total. The van der Waals surface area contributed by atoms with E-state index < -0.39 is 5.82 Å². The van der Waals surface area contributed by atoms with Crippen LogP contribution in [0.2, 0.25) is 10.0 Å². The van der Waals surface area contributed by atoms with Crippen molar-refractivity contribution in [3.8, 4) is 11.6 Å². The normalized spacial score (nSPS) is 10.6. The summed E-state index contributed by atoms with van der Waals surface area (Å²) in [5.41, 5.74) is 0.647. The molecule has 0 atom stereocenters. The summed E-state index contributed by atoms with van der Waals surface area (Å²) < 4.78 is 19.2. The number of hydrogen-bond donors (Lipinski definition) is 1. The largest absolute Gasteiger partial charge is 0.436 e. The maximum absolute atomic E-state index is 13.7. The van der Waals surface area contributed by atoms with Crippen LogP contribution in [-0.4, -0.2) is 11.5 Å². The Bertz CT molecular complexity index is 608. The van der Waals surface area contributed by atoms with Gasteiger partial charge in [-0.2, -0.15) is 0 Å². The monoisotopic (exact) mass is 314 g/mol. The minimum absolute atomic E-state index is 0.00402. The molecule has 0 saturated carbocycles. The van der Waals surface area contributed by atoms with E-state index in [4.69, 9.17) is 27.9 Å². The number of ether oxygens (including phenoxy) is 1. The molecule has 0 amide bonds. The highest BCUT2D eigenvalue weighted by Crippen LogP contribution is 2.28. The number of nitrogens with one attached hydrogen (secondary N) is 1. The van der Waals surface area contributed by atoms with Crippen molar-refractivity contribution >= 4 is 23.2 Å². The van der Waals surface area contributed by atoms with Crippen molar-refractivity contribution in [1.82, 2.24) is 10.3 Å². The highest BCUT2D eigenvalue weighted by molar-refractivity contribution is 6.31. The molecule has 2 rings (SSSR count). The van der Waals surface area contributed by atoms with E-state index in [0.717, 1.165) is 6.54 Å². The van der Waals surface area contributed by atoms with Crippen LogP contribution in [0.3, 0.4) is 0 Å². The lowest BCUT2D eigenvalue weighted by atomic mass is 10.3. The Morgan fingerprint density at radius 2 is 2.00 bits per heavy atom. The molecular formula is C14H13Cl2FN2O. The van der Waals surface area contributed by atoms with Crippen LogP contribution in [-0.2, 0) is 6.54 Å². The van der Waals surface area contributed by atoms with E-state index in [-0.39, 0.29) is 16.7 Å². The molecule has 0 spiro atoms. The average molecular weight is 315 g/mol. The lowest BCUT2D eigenvalue weighted by Crippen LogP contribution is -2.13. The SMILES string of the molecule is CCNCc1nc(Oc2cccc(Cl)c2F)ccc1Cl. The van der Waals surface area contributed by atoms with E-state index in [2.05, 4.69) is 10.3 Å². The quantitative estimate of drug-likeness (QED) is 0.886. The average Bonchev–Trinajstić information content (AvgIpc) is 2.44. The van der Waals surface area contributed by atoms with Crippen LogP contribution in [0.5, 0.6) is 11.6 Å². The van der Waals surface area contributed by atoms with E-state index in [1.165, 1.54) is 12.1 Å². The maximum Gasteiger partial charge on any atom is 0.219 e. The van der Waals surface area contributed by atoms with Crippen LogP contribution in [0.25, 0.3) is 0 Å². The summed E-state index contributed by atoms with van der Waals surface area (Å²) in [6.07, 6.45) is 0. The van der Waals surface area contributed by atoms with Gasteiger partial charge in [0.05, 0.1) is 15.7 Å². The zero-order valence-electron chi connectivity index (χ0n) is 10.8. The van der Waals surface area contributed by atoms with Gasteiger partial charge in [0.2, 0.25) is 5.88 Å². The Labute approximate surface area is 126 Å². The van der Waals surface area contributed by atoms with Gasteiger partial charge in [-0.05, 0) is 24.7 Å². The zero-order valence-corrected chi connectivity index (χ0v) is 12.3. The molecule has 1 aromatic heterocycles. The van der Waals surface area contributed by atoms with Gasteiger partial charge in [0.1, 0.15) is 0 Å². The van der Waals surface area contributed by atoms with Crippen molar-refractivity contribution in [2.75, 3.05) is 6.54 Å². The molecule has 0 aliphatic carbocycles. The van der Waals surface area contributed by atoms with Crippen LogP contribution in [0.4, 0.5) is 4.39 Å². The molecule has 3 nitrogen and oxygen atoms in total. The fraction of sp³-hybridized carbons (Fsp3) is 0.214. The second kappa shape index (κ2) is 6.88. The molecule has 0 aliphatic heterocycles. The molecule has 20 heavy (non-hydrogen) atoms. The zero-order chi connectivity index (χ0) is 14.5. The molecule has 0 aliphatic rings. The molecule has 2 aromatic rings. The molecule has 106 valence electrons. The molecule has 1 aromatic carbocycles. The number of nitrogens with zero attached hydrogens (tertiary/aromatic N) is 1. The summed E-state index contributed by atoms with van der Waals surface area (Å²) in [5.74, 6) is -0.315. The Balaban J connectivity index is 2.23. The van der Waals surface area contributed by atoms with Crippen LogP contribution in [0, 0.1) is 5.82 Å². The summed E-state index contributed by atoms with van der Waals surface area (Å²) in [7, 11) is 0. The first-order valence-corrected chi connectivity index (χ1v) is 6.85. The molecular weight excluding hydrogens is 302 g/mol. The van der Waals surface area contributed by atoms with E-state index >= 15 is 0 Å². The van der Waals surface area contributed by atoms with Crippen molar-refractivity contribution in [3.05, 3.63) is 51.9 Å². The fourth-order valence-corrected chi connectivity index (χ4v) is 1.90. The number of benzene rings is 1. The van der Waals surface area contributed by atoms with E-state index in [1.807, 2.05) is 6.92 Å². The van der Waals surface area contributed by atoms with E-state index in [0.29, 0.717) is 17.3 Å². The summed E-state index contributed by atoms with van der Waals surface area (Å²) >= 11 is 11.7. The maximum atomic E-state index is 13.7. The van der Waals surface area contributed by atoms with Gasteiger partial charge in [-0.3, -0.25) is 0 Å². The first-order chi connectivity index (χ1) is 9.61. The Morgan fingerprint density at radius 1 is 1.20 bits per heavy atom. The van der Waals surface area contributed by atoms with Gasteiger partial charge in [-0.25, -0.2) is 9.37 Å². The van der Waals surface area contributed by atoms with Crippen LogP contribution in [0.1, 0.15) is 12.6 Å². The predicted octanol–water partition coefficient (Wildman–Crippen LogP) is 4.43. The molecule has 6 heteroatoms. The minimum atomic E-state index is -0.612. The summed E-state index contributed by atoms with van der Waals surface area (Å²) in [6.45, 7) is 3.30. The second-order valence-electron chi connectivity index (χ2n) is 4.01. The Kier molecular flexibility index (Phi) is 5.17. The van der Waals surface area contributed by atoms with Crippen LogP contribution >= 0.6 is 23.2 Å². The van der Waals surface area contributed by atoms with Gasteiger partial charge < -0.3 is 10.1 Å². The van der Waals surface area contributed by atoms with Crippen molar-refractivity contribution in [2.24, 2.45) is 0 Å². The minimum Gasteiger partial charge on any atom is -0.436 e. The number of hydrogen-bond acceptors (Lipinski definition) is 3. The van der Waals surface area contributed by atoms with Gasteiger partial charge in [0, 0.05) is 12.6 Å². The topological polar surface area (TPSA) is 34.2 Å². The fourth-order valence-electron chi connectivity index (χ4n) is 1.56. The summed E-state index contributed by atoms with van der Waals surface area (Å²) in [6, 6.07) is 7.80. The van der Waals surface area contributed by atoms with Crippen LogP contribution < -0.4 is 10.1 Å². The summed E-state index contributed by atoms with van der Waals surface area (Å²) in [4.78, 5) is 4.25. The lowest BCUT2D eigenvalue weighted by Gasteiger charge is -2.09. The van der Waals surface area contributed by atoms with Crippen LogP contribution in [0.15, 0.2) is 30.3 Å². The predicted molar refractivity (Wildman–Crippen MR) is 78.1 cm³/mol. The third-order valence-corrected chi connectivity index (χ3v) is 3.20. The molecule has 0 fully saturated rings. The highest BCUT2D eigenvalue weighted by Gasteiger charge is 2.10. The summed E-state index contributed by atoms with van der Waals surface area (Å²) in [5, 5.41) is 3.66. The molecule has 0 bridgehead atoms. The van der Waals surface area contributed by atoms with Crippen molar-refractivity contribution in [1.29, 1.82) is 0 Å². The van der Waals surface area contributed by atoms with Crippen molar-refractivity contribution in [3.63, 3.8) is 0 Å². The number of pyridine rings is 1. The highest BCUT2D eigenvalue weighted by atomic mass is 35.5. The number of aromatic nitrogens is 1. The smallest absolute Gasteiger partial charge is 0.219 e. The van der Waals surface area contributed by atoms with Gasteiger partial charge in [0.25, 0.3) is 0 Å². The van der Waals surface area contributed by atoms with E-state index in [1.54, 1.807) is 18.2 Å². The molecule has 1 heterocycles. The number of rotatable bonds is 5. The van der Waals surface area contributed by atoms with Gasteiger partial charge >= 0.3 is 0 Å².